The molecule has 0 amide bonds. The minimum absolute atomic E-state index is 0.0754. The highest BCUT2D eigenvalue weighted by Crippen LogP contribution is 2.33. The van der Waals surface area contributed by atoms with E-state index < -0.39 is 16.5 Å². The average molecular weight is 613 g/mol. The molecule has 0 aliphatic carbocycles. The van der Waals surface area contributed by atoms with Gasteiger partial charge in [-0.25, -0.2) is 9.78 Å². The number of hydrogen-bond acceptors (Lipinski definition) is 9. The Morgan fingerprint density at radius 1 is 1.02 bits per heavy atom. The maximum Gasteiger partial charge on any atom is 0.343 e. The summed E-state index contributed by atoms with van der Waals surface area (Å²) in [4.78, 5) is 41.7. The number of non-ortho nitro benzene ring substituents is 1. The lowest BCUT2D eigenvalue weighted by Crippen LogP contribution is -2.20. The highest BCUT2D eigenvalue weighted by molar-refractivity contribution is 9.10. The molecule has 1 aliphatic rings. The third-order valence-corrected chi connectivity index (χ3v) is 6.68. The number of hydrogen-bond donors (Lipinski definition) is 0. The number of ether oxygens (including phenoxy) is 3. The van der Waals surface area contributed by atoms with E-state index in [4.69, 9.17) is 14.2 Å². The van der Waals surface area contributed by atoms with Crippen molar-refractivity contribution >= 4 is 44.7 Å². The van der Waals surface area contributed by atoms with Crippen LogP contribution in [0.3, 0.4) is 0 Å². The summed E-state index contributed by atoms with van der Waals surface area (Å²) >= 11 is 3.42. The maximum absolute atomic E-state index is 13.5. The van der Waals surface area contributed by atoms with Gasteiger partial charge in [0.25, 0.3) is 11.2 Å². The van der Waals surface area contributed by atoms with Crippen molar-refractivity contribution in [3.8, 4) is 28.6 Å². The van der Waals surface area contributed by atoms with Gasteiger partial charge >= 0.3 is 5.97 Å². The zero-order valence-corrected chi connectivity index (χ0v) is 22.5. The van der Waals surface area contributed by atoms with E-state index in [2.05, 4.69) is 26.0 Å². The number of rotatable bonds is 6. The van der Waals surface area contributed by atoms with E-state index in [9.17, 15) is 19.7 Å². The molecule has 12 heteroatoms. The van der Waals surface area contributed by atoms with Gasteiger partial charge in [-0.15, -0.1) is 0 Å². The second kappa shape index (κ2) is 10.7. The SMILES string of the molecule is O=C(Oc1ccc(Br)cc1C=Nn1c(-c2ccc([N+](=O)[O-])cc2)nc2ccccc2c1=O)c1ccc2c(c1)OCO2. The molecular weight excluding hydrogens is 596 g/mol. The van der Waals surface area contributed by atoms with Gasteiger partial charge < -0.3 is 14.2 Å². The number of para-hydroxylation sites is 1. The second-order valence-corrected chi connectivity index (χ2v) is 9.67. The fourth-order valence-electron chi connectivity index (χ4n) is 4.17. The largest absolute Gasteiger partial charge is 0.454 e. The number of carbonyl (C=O) groups is 1. The predicted octanol–water partition coefficient (Wildman–Crippen LogP) is 5.56. The first kappa shape index (κ1) is 25.9. The van der Waals surface area contributed by atoms with Crippen LogP contribution in [0.2, 0.25) is 0 Å². The van der Waals surface area contributed by atoms with Crippen LogP contribution in [0.15, 0.2) is 99.3 Å². The number of esters is 1. The normalized spacial score (nSPS) is 12.1. The van der Waals surface area contributed by atoms with Gasteiger partial charge in [-0.05, 0) is 60.7 Å². The summed E-state index contributed by atoms with van der Waals surface area (Å²) in [5, 5.41) is 15.9. The smallest absolute Gasteiger partial charge is 0.343 e. The Balaban J connectivity index is 1.40. The van der Waals surface area contributed by atoms with Crippen molar-refractivity contribution in [3.05, 3.63) is 121 Å². The number of halogens is 1. The standard InChI is InChI=1S/C29H17BrN4O7/c30-20-8-12-24(41-29(36)18-7-11-25-26(14-18)40-16-39-25)19(13-20)15-31-33-27(17-5-9-21(10-6-17)34(37)38)32-23-4-2-1-3-22(23)28(33)35/h1-15H,16H2. The lowest BCUT2D eigenvalue weighted by atomic mass is 10.1. The van der Waals surface area contributed by atoms with Crippen molar-refractivity contribution in [1.29, 1.82) is 0 Å². The summed E-state index contributed by atoms with van der Waals surface area (Å²) in [6, 6.07) is 22.1. The van der Waals surface area contributed by atoms with E-state index in [1.54, 1.807) is 54.6 Å². The zero-order chi connectivity index (χ0) is 28.5. The van der Waals surface area contributed by atoms with E-state index in [1.807, 2.05) is 0 Å². The van der Waals surface area contributed by atoms with Crippen LogP contribution in [-0.2, 0) is 0 Å². The van der Waals surface area contributed by atoms with Crippen molar-refractivity contribution in [2.75, 3.05) is 6.79 Å². The van der Waals surface area contributed by atoms with Gasteiger partial charge in [0, 0.05) is 27.7 Å². The molecule has 0 radical (unpaired) electrons. The van der Waals surface area contributed by atoms with E-state index in [0.717, 1.165) is 4.68 Å². The Bertz CT molecular complexity index is 1940. The number of carbonyl (C=O) groups excluding carboxylic acids is 1. The second-order valence-electron chi connectivity index (χ2n) is 8.76. The van der Waals surface area contributed by atoms with Gasteiger partial charge in [-0.3, -0.25) is 14.9 Å². The Kier molecular flexibility index (Phi) is 6.73. The van der Waals surface area contributed by atoms with Crippen LogP contribution in [0, 0.1) is 10.1 Å². The van der Waals surface area contributed by atoms with Crippen LogP contribution in [-0.4, -0.2) is 33.6 Å². The van der Waals surface area contributed by atoms with Gasteiger partial charge in [0.15, 0.2) is 17.3 Å². The Morgan fingerprint density at radius 2 is 1.80 bits per heavy atom. The van der Waals surface area contributed by atoms with Crippen LogP contribution < -0.4 is 19.8 Å². The zero-order valence-electron chi connectivity index (χ0n) is 20.9. The van der Waals surface area contributed by atoms with Crippen LogP contribution in [0.25, 0.3) is 22.3 Å². The molecule has 0 N–H and O–H groups in total. The molecule has 41 heavy (non-hydrogen) atoms. The van der Waals surface area contributed by atoms with E-state index >= 15 is 0 Å². The molecule has 0 saturated carbocycles. The lowest BCUT2D eigenvalue weighted by Gasteiger charge is -2.11. The number of nitrogens with zero attached hydrogens (tertiary/aromatic N) is 4. The molecule has 5 aromatic rings. The highest BCUT2D eigenvalue weighted by Gasteiger charge is 2.19. The molecule has 0 bridgehead atoms. The van der Waals surface area contributed by atoms with Gasteiger partial charge in [0.2, 0.25) is 6.79 Å². The first-order valence-corrected chi connectivity index (χ1v) is 12.9. The molecule has 11 nitrogen and oxygen atoms in total. The molecule has 2 heterocycles. The molecule has 0 atom stereocenters. The van der Waals surface area contributed by atoms with Crippen molar-refractivity contribution in [2.45, 2.75) is 0 Å². The van der Waals surface area contributed by atoms with E-state index in [1.165, 1.54) is 36.5 Å². The lowest BCUT2D eigenvalue weighted by molar-refractivity contribution is -0.384. The van der Waals surface area contributed by atoms with Gasteiger partial charge in [-0.1, -0.05) is 28.1 Å². The van der Waals surface area contributed by atoms with Crippen molar-refractivity contribution < 1.29 is 23.9 Å². The monoisotopic (exact) mass is 612 g/mol. The van der Waals surface area contributed by atoms with Crippen molar-refractivity contribution in [2.24, 2.45) is 5.10 Å². The predicted molar refractivity (Wildman–Crippen MR) is 153 cm³/mol. The van der Waals surface area contributed by atoms with Crippen LogP contribution >= 0.6 is 15.9 Å². The number of nitro groups is 1. The van der Waals surface area contributed by atoms with Crippen molar-refractivity contribution in [3.63, 3.8) is 0 Å². The number of aromatic nitrogens is 2. The highest BCUT2D eigenvalue weighted by atomic mass is 79.9. The minimum atomic E-state index is -0.628. The molecule has 1 aromatic heterocycles. The molecular formula is C29H17BrN4O7. The first-order chi connectivity index (χ1) is 19.9. The fraction of sp³-hybridized carbons (Fsp3) is 0.0345. The van der Waals surface area contributed by atoms with Crippen LogP contribution in [0.4, 0.5) is 5.69 Å². The molecule has 6 rings (SSSR count). The summed E-state index contributed by atoms with van der Waals surface area (Å²) in [6.07, 6.45) is 1.37. The summed E-state index contributed by atoms with van der Waals surface area (Å²) < 4.78 is 18.1. The van der Waals surface area contributed by atoms with Crippen LogP contribution in [0.5, 0.6) is 17.2 Å². The number of benzene rings is 4. The van der Waals surface area contributed by atoms with Gasteiger partial charge in [0.1, 0.15) is 5.75 Å². The molecule has 0 saturated heterocycles. The molecule has 0 unspecified atom stereocenters. The number of nitro benzene ring substituents is 1. The first-order valence-electron chi connectivity index (χ1n) is 12.1. The quantitative estimate of drug-likeness (QED) is 0.0799. The molecule has 202 valence electrons. The Hall–Kier alpha value is -5.36. The Labute approximate surface area is 239 Å². The fourth-order valence-corrected chi connectivity index (χ4v) is 4.54. The summed E-state index contributed by atoms with van der Waals surface area (Å²) in [5.74, 6) is 0.721. The maximum atomic E-state index is 13.5. The van der Waals surface area contributed by atoms with Gasteiger partial charge in [-0.2, -0.15) is 9.78 Å². The molecule has 0 spiro atoms. The van der Waals surface area contributed by atoms with E-state index in [-0.39, 0.29) is 29.6 Å². The summed E-state index contributed by atoms with van der Waals surface area (Å²) in [7, 11) is 0. The molecule has 1 aliphatic heterocycles. The molecule has 0 fully saturated rings. The Morgan fingerprint density at radius 3 is 2.61 bits per heavy atom. The minimum Gasteiger partial charge on any atom is -0.454 e. The third kappa shape index (κ3) is 5.15. The third-order valence-electron chi connectivity index (χ3n) is 6.19. The van der Waals surface area contributed by atoms with Crippen molar-refractivity contribution in [1.82, 2.24) is 9.66 Å². The van der Waals surface area contributed by atoms with Crippen LogP contribution in [0.1, 0.15) is 15.9 Å². The summed E-state index contributed by atoms with van der Waals surface area (Å²) in [6.45, 7) is 0.0754. The molecule has 4 aromatic carbocycles. The number of fused-ring (bicyclic) bond motifs is 2. The average Bonchev–Trinajstić information content (AvgIpc) is 3.46. The topological polar surface area (TPSA) is 135 Å². The summed E-state index contributed by atoms with van der Waals surface area (Å²) in [5.41, 5.74) is 0.986. The van der Waals surface area contributed by atoms with E-state index in [0.29, 0.717) is 38.0 Å². The van der Waals surface area contributed by atoms with Gasteiger partial charge in [0.05, 0.1) is 27.6 Å².